The van der Waals surface area contributed by atoms with Crippen molar-refractivity contribution in [2.75, 3.05) is 52.6 Å². The summed E-state index contributed by atoms with van der Waals surface area (Å²) in [5, 5.41) is 0. The smallest absolute Gasteiger partial charge is 0.187 e. The van der Waals surface area contributed by atoms with Crippen LogP contribution in [0.3, 0.4) is 0 Å². The van der Waals surface area contributed by atoms with Crippen molar-refractivity contribution in [3.8, 4) is 0 Å². The molecule has 28 heavy (non-hydrogen) atoms. The van der Waals surface area contributed by atoms with E-state index in [4.69, 9.17) is 14.5 Å². The lowest BCUT2D eigenvalue weighted by molar-refractivity contribution is -0.995. The summed E-state index contributed by atoms with van der Waals surface area (Å²) in [5.41, 5.74) is 2.67. The third kappa shape index (κ3) is 2.38. The number of ether oxygens (including phenoxy) is 2. The first-order chi connectivity index (χ1) is 13.9. The van der Waals surface area contributed by atoms with Gasteiger partial charge in [0.1, 0.15) is 26.2 Å². The second-order valence-electron chi connectivity index (χ2n) is 9.03. The lowest BCUT2D eigenvalue weighted by Gasteiger charge is -2.47. The summed E-state index contributed by atoms with van der Waals surface area (Å²) in [6.07, 6.45) is 5.30. The molecule has 4 heterocycles. The van der Waals surface area contributed by atoms with E-state index in [-0.39, 0.29) is 5.66 Å². The lowest BCUT2D eigenvalue weighted by atomic mass is 9.75. The number of hydrogen-bond acceptors (Lipinski definition) is 3. The van der Waals surface area contributed by atoms with E-state index < -0.39 is 0 Å². The van der Waals surface area contributed by atoms with Crippen molar-refractivity contribution in [1.29, 1.82) is 0 Å². The number of benzene rings is 1. The summed E-state index contributed by atoms with van der Waals surface area (Å²) in [5.74, 6) is 2.03. The van der Waals surface area contributed by atoms with Crippen LogP contribution in [0, 0.1) is 5.92 Å². The van der Waals surface area contributed by atoms with Crippen molar-refractivity contribution in [2.24, 2.45) is 5.92 Å². The third-order valence-electron chi connectivity index (χ3n) is 7.89. The molecule has 0 spiro atoms. The molecule has 0 bridgehead atoms. The highest BCUT2D eigenvalue weighted by molar-refractivity contribution is 5.76. The summed E-state index contributed by atoms with van der Waals surface area (Å²) >= 11 is 0. The SMILES string of the molecule is c1ccc2c(c1)nc1n2[C@]2([NH+]3CCOCC3)CCCC[C@@H]2[C@@H]1[NH+]1CCOCC1. The highest BCUT2D eigenvalue weighted by Gasteiger charge is 2.64. The molecule has 3 aliphatic heterocycles. The first-order valence-electron chi connectivity index (χ1n) is 11.2. The number of rotatable bonds is 2. The maximum atomic E-state index is 5.77. The van der Waals surface area contributed by atoms with Crippen LogP contribution < -0.4 is 9.80 Å². The number of nitrogens with one attached hydrogen (secondary N) is 2. The Bertz CT molecular complexity index is 855. The van der Waals surface area contributed by atoms with Crippen LogP contribution in [0.25, 0.3) is 11.0 Å². The minimum absolute atomic E-state index is 0.156. The minimum atomic E-state index is 0.156. The molecule has 3 atom stereocenters. The first-order valence-corrected chi connectivity index (χ1v) is 11.2. The second kappa shape index (κ2) is 6.80. The predicted molar refractivity (Wildman–Crippen MR) is 105 cm³/mol. The summed E-state index contributed by atoms with van der Waals surface area (Å²) < 4.78 is 14.2. The van der Waals surface area contributed by atoms with Gasteiger partial charge in [0.05, 0.1) is 43.4 Å². The molecule has 1 aromatic heterocycles. The lowest BCUT2D eigenvalue weighted by Crippen LogP contribution is -3.23. The van der Waals surface area contributed by atoms with Crippen molar-refractivity contribution < 1.29 is 19.3 Å². The zero-order chi connectivity index (χ0) is 18.6. The first kappa shape index (κ1) is 17.4. The van der Waals surface area contributed by atoms with Crippen LogP contribution in [0.15, 0.2) is 24.3 Å². The van der Waals surface area contributed by atoms with Gasteiger partial charge in [-0.2, -0.15) is 0 Å². The van der Waals surface area contributed by atoms with Gasteiger partial charge < -0.3 is 19.3 Å². The van der Waals surface area contributed by atoms with E-state index in [2.05, 4.69) is 28.8 Å². The van der Waals surface area contributed by atoms with Gasteiger partial charge >= 0.3 is 0 Å². The standard InChI is InChI=1S/C22H30N4O2/c1-2-7-19-18(6-1)23-21-20(24-9-13-27-14-10-24)17-5-3-4-8-22(17,26(19)21)25-11-15-28-16-12-25/h1-2,6-7,17,20H,3-5,8-16H2/p+2/t17-,20+,22-/m1/s1. The van der Waals surface area contributed by atoms with E-state index in [1.54, 1.807) is 9.80 Å². The number of fused-ring (bicyclic) bond motifs is 5. The van der Waals surface area contributed by atoms with E-state index in [1.807, 2.05) is 0 Å². The summed E-state index contributed by atoms with van der Waals surface area (Å²) in [6, 6.07) is 9.33. The topological polar surface area (TPSA) is 45.2 Å². The molecule has 150 valence electrons. The van der Waals surface area contributed by atoms with Crippen LogP contribution in [0.5, 0.6) is 0 Å². The molecule has 0 unspecified atom stereocenters. The van der Waals surface area contributed by atoms with Gasteiger partial charge in [-0.25, -0.2) is 4.98 Å². The second-order valence-corrected chi connectivity index (χ2v) is 9.03. The van der Waals surface area contributed by atoms with Gasteiger partial charge in [0, 0.05) is 6.42 Å². The molecule has 2 N–H and O–H groups in total. The molecule has 1 aliphatic carbocycles. The van der Waals surface area contributed by atoms with Crippen LogP contribution in [-0.4, -0.2) is 62.2 Å². The van der Waals surface area contributed by atoms with Gasteiger partial charge in [-0.3, -0.25) is 4.57 Å². The number of imidazole rings is 1. The molecule has 1 aromatic carbocycles. The van der Waals surface area contributed by atoms with Crippen LogP contribution in [0.2, 0.25) is 0 Å². The van der Waals surface area contributed by atoms with Crippen LogP contribution >= 0.6 is 0 Å². The molecule has 6 nitrogen and oxygen atoms in total. The molecular weight excluding hydrogens is 352 g/mol. The molecule has 6 rings (SSSR count). The average molecular weight is 385 g/mol. The molecule has 1 saturated carbocycles. The highest BCUT2D eigenvalue weighted by Crippen LogP contribution is 2.49. The maximum absolute atomic E-state index is 5.77. The zero-order valence-electron chi connectivity index (χ0n) is 16.7. The number of nitrogens with zero attached hydrogens (tertiary/aromatic N) is 2. The Hall–Kier alpha value is -1.47. The third-order valence-corrected chi connectivity index (χ3v) is 7.89. The van der Waals surface area contributed by atoms with Crippen LogP contribution in [-0.2, 0) is 15.1 Å². The number of aromatic nitrogens is 2. The minimum Gasteiger partial charge on any atom is -0.370 e. The monoisotopic (exact) mass is 384 g/mol. The van der Waals surface area contributed by atoms with Crippen molar-refractivity contribution in [1.82, 2.24) is 9.55 Å². The molecule has 0 radical (unpaired) electrons. The zero-order valence-corrected chi connectivity index (χ0v) is 16.7. The van der Waals surface area contributed by atoms with Gasteiger partial charge in [0.2, 0.25) is 0 Å². The fraction of sp³-hybridized carbons (Fsp3) is 0.682. The van der Waals surface area contributed by atoms with Gasteiger partial charge in [0.15, 0.2) is 17.5 Å². The quantitative estimate of drug-likeness (QED) is 0.752. The van der Waals surface area contributed by atoms with Gasteiger partial charge in [-0.05, 0) is 25.0 Å². The number of quaternary nitrogens is 2. The van der Waals surface area contributed by atoms with E-state index in [0.717, 1.165) is 52.6 Å². The Morgan fingerprint density at radius 3 is 2.54 bits per heavy atom. The van der Waals surface area contributed by atoms with Crippen molar-refractivity contribution >= 4 is 11.0 Å². The van der Waals surface area contributed by atoms with Gasteiger partial charge in [-0.15, -0.1) is 0 Å². The molecule has 4 aliphatic rings. The van der Waals surface area contributed by atoms with Crippen molar-refractivity contribution in [2.45, 2.75) is 37.4 Å². The predicted octanol–water partition coefficient (Wildman–Crippen LogP) is -0.236. The van der Waals surface area contributed by atoms with Crippen molar-refractivity contribution in [3.63, 3.8) is 0 Å². The van der Waals surface area contributed by atoms with E-state index >= 15 is 0 Å². The molecule has 2 saturated heterocycles. The summed E-state index contributed by atoms with van der Waals surface area (Å²) in [4.78, 5) is 8.71. The average Bonchev–Trinajstić information content (AvgIpc) is 3.28. The van der Waals surface area contributed by atoms with Crippen molar-refractivity contribution in [3.05, 3.63) is 30.1 Å². The Kier molecular flexibility index (Phi) is 4.22. The fourth-order valence-electron chi connectivity index (χ4n) is 6.81. The van der Waals surface area contributed by atoms with Crippen LogP contribution in [0.4, 0.5) is 0 Å². The number of para-hydroxylation sites is 2. The Morgan fingerprint density at radius 2 is 1.71 bits per heavy atom. The number of morpholine rings is 2. The molecular formula is C22H32N4O2+2. The fourth-order valence-corrected chi connectivity index (χ4v) is 6.81. The van der Waals surface area contributed by atoms with Gasteiger partial charge in [-0.1, -0.05) is 18.6 Å². The molecule has 3 fully saturated rings. The summed E-state index contributed by atoms with van der Waals surface area (Å²) in [6.45, 7) is 8.01. The summed E-state index contributed by atoms with van der Waals surface area (Å²) in [7, 11) is 0. The Balaban J connectivity index is 1.56. The maximum Gasteiger partial charge on any atom is 0.187 e. The van der Waals surface area contributed by atoms with E-state index in [9.17, 15) is 0 Å². The highest BCUT2D eigenvalue weighted by atomic mass is 16.5. The Labute approximate surface area is 166 Å². The number of hydrogen-bond donors (Lipinski definition) is 2. The van der Waals surface area contributed by atoms with Gasteiger partial charge in [0.25, 0.3) is 0 Å². The molecule has 2 aromatic rings. The normalized spacial score (nSPS) is 34.4. The molecule has 6 heteroatoms. The van der Waals surface area contributed by atoms with Crippen LogP contribution in [0.1, 0.15) is 37.5 Å². The molecule has 0 amide bonds. The Morgan fingerprint density at radius 1 is 0.964 bits per heavy atom. The van der Waals surface area contributed by atoms with E-state index in [1.165, 1.54) is 42.5 Å². The largest absolute Gasteiger partial charge is 0.370 e. The van der Waals surface area contributed by atoms with E-state index in [0.29, 0.717) is 12.0 Å².